The highest BCUT2D eigenvalue weighted by Crippen LogP contribution is 2.44. The van der Waals surface area contributed by atoms with Crippen molar-refractivity contribution in [3.05, 3.63) is 119 Å². The van der Waals surface area contributed by atoms with Crippen molar-refractivity contribution in [2.45, 2.75) is 6.04 Å². The third-order valence-corrected chi connectivity index (χ3v) is 6.51. The zero-order valence-corrected chi connectivity index (χ0v) is 21.0. The quantitative estimate of drug-likeness (QED) is 0.152. The molecule has 4 aromatic carbocycles. The van der Waals surface area contributed by atoms with E-state index in [4.69, 9.17) is 16.3 Å². The van der Waals surface area contributed by atoms with E-state index in [1.54, 1.807) is 48.5 Å². The average molecular weight is 527 g/mol. The molecule has 1 amide bonds. The van der Waals surface area contributed by atoms with Gasteiger partial charge in [0.1, 0.15) is 17.3 Å². The van der Waals surface area contributed by atoms with Crippen molar-refractivity contribution in [3.8, 4) is 11.5 Å². The van der Waals surface area contributed by atoms with Crippen LogP contribution in [0, 0.1) is 0 Å². The predicted octanol–water partition coefficient (Wildman–Crippen LogP) is 6.42. The molecule has 1 fully saturated rings. The number of methoxy groups -OCH3 is 1. The lowest BCUT2D eigenvalue weighted by Gasteiger charge is -2.26. The lowest BCUT2D eigenvalue weighted by Crippen LogP contribution is -2.29. The Labute approximate surface area is 224 Å². The molecule has 7 nitrogen and oxygen atoms in total. The Balaban J connectivity index is 1.62. The summed E-state index contributed by atoms with van der Waals surface area (Å²) in [5.41, 5.74) is 2.75. The average Bonchev–Trinajstić information content (AvgIpc) is 3.20. The van der Waals surface area contributed by atoms with E-state index in [0.29, 0.717) is 22.0 Å². The second kappa shape index (κ2) is 10.3. The van der Waals surface area contributed by atoms with Crippen LogP contribution in [0.2, 0.25) is 5.02 Å². The summed E-state index contributed by atoms with van der Waals surface area (Å²) in [6, 6.07) is 26.5. The SMILES string of the molecule is COc1ccc(Cl)cc1/C(O)=C1\C(=O)C(=O)N(c2ccc(Nc3ccccc3)cc2)C1c1ccc(O)cc1. The molecule has 190 valence electrons. The van der Waals surface area contributed by atoms with Crippen molar-refractivity contribution in [1.82, 2.24) is 0 Å². The molecule has 1 atom stereocenters. The Morgan fingerprint density at radius 3 is 2.21 bits per heavy atom. The highest BCUT2D eigenvalue weighted by Gasteiger charge is 2.47. The molecule has 38 heavy (non-hydrogen) atoms. The normalized spacial score (nSPS) is 16.5. The first kappa shape index (κ1) is 24.9. The molecule has 0 spiro atoms. The van der Waals surface area contributed by atoms with Gasteiger partial charge < -0.3 is 20.3 Å². The molecule has 0 aliphatic carbocycles. The standard InChI is InChI=1S/C30H23ClN2O5/c1-38-25-16-9-19(31)17-24(25)28(35)26-27(18-7-14-23(34)15-8-18)33(30(37)29(26)36)22-12-10-21(11-13-22)32-20-5-3-2-4-6-20/h2-17,27,32,34-35H,1H3/b28-26+. The fourth-order valence-electron chi connectivity index (χ4n) is 4.47. The van der Waals surface area contributed by atoms with E-state index in [0.717, 1.165) is 11.4 Å². The number of anilines is 3. The summed E-state index contributed by atoms with van der Waals surface area (Å²) in [6.45, 7) is 0. The van der Waals surface area contributed by atoms with Gasteiger partial charge in [0.15, 0.2) is 0 Å². The first-order chi connectivity index (χ1) is 18.4. The second-order valence-electron chi connectivity index (χ2n) is 8.64. The number of hydrogen-bond acceptors (Lipinski definition) is 6. The van der Waals surface area contributed by atoms with E-state index >= 15 is 0 Å². The highest BCUT2D eigenvalue weighted by molar-refractivity contribution is 6.51. The van der Waals surface area contributed by atoms with Crippen molar-refractivity contribution in [2.24, 2.45) is 0 Å². The molecule has 0 aromatic heterocycles. The lowest BCUT2D eigenvalue weighted by atomic mass is 9.94. The summed E-state index contributed by atoms with van der Waals surface area (Å²) >= 11 is 6.17. The number of nitrogens with one attached hydrogen (secondary N) is 1. The number of amides is 1. The number of carbonyl (C=O) groups excluding carboxylic acids is 2. The molecule has 5 rings (SSSR count). The molecule has 4 aromatic rings. The molecule has 1 aliphatic rings. The molecule has 1 saturated heterocycles. The van der Waals surface area contributed by atoms with Gasteiger partial charge in [-0.15, -0.1) is 0 Å². The van der Waals surface area contributed by atoms with Crippen molar-refractivity contribution in [1.29, 1.82) is 0 Å². The number of carbonyl (C=O) groups is 2. The van der Waals surface area contributed by atoms with Crippen LogP contribution in [0.25, 0.3) is 5.76 Å². The fourth-order valence-corrected chi connectivity index (χ4v) is 4.65. The molecule has 0 bridgehead atoms. The smallest absolute Gasteiger partial charge is 0.300 e. The Morgan fingerprint density at radius 2 is 1.55 bits per heavy atom. The monoisotopic (exact) mass is 526 g/mol. The number of nitrogens with zero attached hydrogens (tertiary/aromatic N) is 1. The number of ether oxygens (including phenoxy) is 1. The third kappa shape index (κ3) is 4.67. The Morgan fingerprint density at radius 1 is 0.895 bits per heavy atom. The number of Topliss-reactive ketones (excluding diaryl/α,β-unsaturated/α-hetero) is 1. The maximum atomic E-state index is 13.4. The molecule has 1 heterocycles. The minimum Gasteiger partial charge on any atom is -0.508 e. The van der Waals surface area contributed by atoms with Gasteiger partial charge in [-0.1, -0.05) is 41.9 Å². The van der Waals surface area contributed by atoms with Crippen LogP contribution in [0.4, 0.5) is 17.1 Å². The maximum Gasteiger partial charge on any atom is 0.300 e. The van der Waals surface area contributed by atoms with Crippen molar-refractivity contribution in [2.75, 3.05) is 17.3 Å². The molecule has 0 radical (unpaired) electrons. The number of aliphatic hydroxyl groups is 1. The van der Waals surface area contributed by atoms with Crippen LogP contribution in [0.15, 0.2) is 103 Å². The molecule has 3 N–H and O–H groups in total. The number of hydrogen-bond donors (Lipinski definition) is 3. The Hall–Kier alpha value is -4.75. The van der Waals surface area contributed by atoms with E-state index in [1.165, 1.54) is 30.2 Å². The summed E-state index contributed by atoms with van der Waals surface area (Å²) in [6.07, 6.45) is 0. The largest absolute Gasteiger partial charge is 0.508 e. The van der Waals surface area contributed by atoms with Gasteiger partial charge in [0.25, 0.3) is 11.7 Å². The van der Waals surface area contributed by atoms with Crippen LogP contribution >= 0.6 is 11.6 Å². The molecule has 0 saturated carbocycles. The van der Waals surface area contributed by atoms with Crippen molar-refractivity contribution in [3.63, 3.8) is 0 Å². The van der Waals surface area contributed by atoms with Gasteiger partial charge in [0, 0.05) is 22.1 Å². The van der Waals surface area contributed by atoms with E-state index < -0.39 is 23.5 Å². The number of benzene rings is 4. The summed E-state index contributed by atoms with van der Waals surface area (Å²) in [5, 5.41) is 24.8. The lowest BCUT2D eigenvalue weighted by molar-refractivity contribution is -0.132. The second-order valence-corrected chi connectivity index (χ2v) is 9.08. The number of phenols is 1. The minimum atomic E-state index is -0.966. The molecule has 1 aliphatic heterocycles. The van der Waals surface area contributed by atoms with Gasteiger partial charge >= 0.3 is 0 Å². The number of rotatable bonds is 6. The van der Waals surface area contributed by atoms with Gasteiger partial charge in [-0.25, -0.2) is 0 Å². The topological polar surface area (TPSA) is 99.1 Å². The van der Waals surface area contributed by atoms with Crippen LogP contribution < -0.4 is 15.0 Å². The van der Waals surface area contributed by atoms with Gasteiger partial charge in [0.05, 0.1) is 24.3 Å². The summed E-state index contributed by atoms with van der Waals surface area (Å²) < 4.78 is 5.37. The number of halogens is 1. The number of ketones is 1. The Bertz CT molecular complexity index is 1530. The van der Waals surface area contributed by atoms with Crippen LogP contribution in [0.3, 0.4) is 0 Å². The van der Waals surface area contributed by atoms with Crippen LogP contribution in [0.1, 0.15) is 17.2 Å². The predicted molar refractivity (Wildman–Crippen MR) is 147 cm³/mol. The number of para-hydroxylation sites is 1. The van der Waals surface area contributed by atoms with Crippen molar-refractivity contribution < 1.29 is 24.5 Å². The highest BCUT2D eigenvalue weighted by atomic mass is 35.5. The van der Waals surface area contributed by atoms with E-state index in [1.807, 2.05) is 30.3 Å². The number of aliphatic hydroxyl groups excluding tert-OH is 1. The third-order valence-electron chi connectivity index (χ3n) is 6.28. The van der Waals surface area contributed by atoms with Gasteiger partial charge in [-0.3, -0.25) is 14.5 Å². The molecular formula is C30H23ClN2O5. The van der Waals surface area contributed by atoms with Gasteiger partial charge in [0.2, 0.25) is 0 Å². The summed E-state index contributed by atoms with van der Waals surface area (Å²) in [7, 11) is 1.43. The summed E-state index contributed by atoms with van der Waals surface area (Å²) in [5.74, 6) is -1.74. The van der Waals surface area contributed by atoms with Crippen LogP contribution in [0.5, 0.6) is 11.5 Å². The van der Waals surface area contributed by atoms with Gasteiger partial charge in [-0.05, 0) is 72.3 Å². The molecular weight excluding hydrogens is 504 g/mol. The first-order valence-electron chi connectivity index (χ1n) is 11.7. The van der Waals surface area contributed by atoms with E-state index in [2.05, 4.69) is 5.32 Å². The zero-order valence-electron chi connectivity index (χ0n) is 20.3. The zero-order chi connectivity index (χ0) is 26.8. The first-order valence-corrected chi connectivity index (χ1v) is 12.1. The fraction of sp³-hybridized carbons (Fsp3) is 0.0667. The Kier molecular flexibility index (Phi) is 6.77. The maximum absolute atomic E-state index is 13.4. The van der Waals surface area contributed by atoms with Crippen LogP contribution in [-0.2, 0) is 9.59 Å². The molecule has 1 unspecified atom stereocenters. The van der Waals surface area contributed by atoms with Gasteiger partial charge in [-0.2, -0.15) is 0 Å². The number of aromatic hydroxyl groups is 1. The number of phenolic OH excluding ortho intramolecular Hbond substituents is 1. The minimum absolute atomic E-state index is 0.0264. The summed E-state index contributed by atoms with van der Waals surface area (Å²) in [4.78, 5) is 28.1. The van der Waals surface area contributed by atoms with E-state index in [-0.39, 0.29) is 16.9 Å². The molecule has 8 heteroatoms. The van der Waals surface area contributed by atoms with Crippen molar-refractivity contribution >= 4 is 46.1 Å². The van der Waals surface area contributed by atoms with E-state index in [9.17, 15) is 19.8 Å². The van der Waals surface area contributed by atoms with Crippen LogP contribution in [-0.4, -0.2) is 29.0 Å².